The predicted octanol–water partition coefficient (Wildman–Crippen LogP) is 2.22. The van der Waals surface area contributed by atoms with Crippen LogP contribution in [-0.4, -0.2) is 38.2 Å². The molecule has 2 unspecified atom stereocenters. The lowest BCUT2D eigenvalue weighted by molar-refractivity contribution is 0.164. The van der Waals surface area contributed by atoms with Crippen LogP contribution in [0.4, 0.5) is 0 Å². The monoisotopic (exact) mass is 248 g/mol. The molecule has 0 spiro atoms. The van der Waals surface area contributed by atoms with Gasteiger partial charge in [0.15, 0.2) is 0 Å². The van der Waals surface area contributed by atoms with E-state index in [2.05, 4.69) is 31.1 Å². The summed E-state index contributed by atoms with van der Waals surface area (Å²) in [6.45, 7) is 0.728. The Morgan fingerprint density at radius 3 is 2.67 bits per heavy atom. The second-order valence-corrected chi connectivity index (χ2v) is 5.50. The predicted molar refractivity (Wildman–Crippen MR) is 75.1 cm³/mol. The highest BCUT2D eigenvalue weighted by Gasteiger charge is 2.40. The number of nitrogens with two attached hydrogens (primary N) is 1. The van der Waals surface area contributed by atoms with Crippen molar-refractivity contribution in [3.63, 3.8) is 0 Å². The summed E-state index contributed by atoms with van der Waals surface area (Å²) in [6.07, 6.45) is 3.48. The number of para-hydroxylation sites is 1. The van der Waals surface area contributed by atoms with Crippen molar-refractivity contribution in [2.45, 2.75) is 30.7 Å². The first-order valence-corrected chi connectivity index (χ1v) is 6.63. The maximum atomic E-state index is 6.01. The Bertz CT molecular complexity index is 405. The van der Waals surface area contributed by atoms with E-state index in [1.165, 1.54) is 18.4 Å². The van der Waals surface area contributed by atoms with Gasteiger partial charge in [0.25, 0.3) is 0 Å². The first-order valence-electron chi connectivity index (χ1n) is 6.63. The smallest absolute Gasteiger partial charge is 0.122 e. The minimum atomic E-state index is 0.158. The Morgan fingerprint density at radius 1 is 1.39 bits per heavy atom. The van der Waals surface area contributed by atoms with Gasteiger partial charge in [0, 0.05) is 12.1 Å². The van der Waals surface area contributed by atoms with Crippen molar-refractivity contribution >= 4 is 0 Å². The van der Waals surface area contributed by atoms with Crippen molar-refractivity contribution in [1.29, 1.82) is 0 Å². The number of hydrogen-bond acceptors (Lipinski definition) is 3. The number of hydrogen-bond donors (Lipinski definition) is 1. The molecule has 1 aromatic rings. The van der Waals surface area contributed by atoms with Gasteiger partial charge in [-0.15, -0.1) is 0 Å². The van der Waals surface area contributed by atoms with Crippen LogP contribution >= 0.6 is 0 Å². The molecule has 0 bridgehead atoms. The molecule has 0 saturated heterocycles. The zero-order chi connectivity index (χ0) is 13.2. The number of rotatable bonds is 4. The van der Waals surface area contributed by atoms with Crippen LogP contribution < -0.4 is 10.5 Å². The third-order valence-electron chi connectivity index (χ3n) is 4.49. The van der Waals surface area contributed by atoms with Crippen molar-refractivity contribution in [1.82, 2.24) is 4.90 Å². The van der Waals surface area contributed by atoms with E-state index < -0.39 is 0 Å². The highest BCUT2D eigenvalue weighted by Crippen LogP contribution is 2.45. The lowest BCUT2D eigenvalue weighted by Gasteiger charge is -2.35. The van der Waals surface area contributed by atoms with Crippen molar-refractivity contribution in [2.24, 2.45) is 5.73 Å². The lowest BCUT2D eigenvalue weighted by Crippen LogP contribution is -2.48. The van der Waals surface area contributed by atoms with Crippen LogP contribution in [0.1, 0.15) is 30.7 Å². The van der Waals surface area contributed by atoms with Gasteiger partial charge in [0.05, 0.1) is 7.11 Å². The minimum Gasteiger partial charge on any atom is -0.496 e. The molecule has 100 valence electrons. The standard InChI is InChI=1S/C15H24N2O/c1-17(2)15(11-16)9-8-12(10-15)13-6-4-5-7-14(13)18-3/h4-7,12H,8-11,16H2,1-3H3. The fourth-order valence-electron chi connectivity index (χ4n) is 3.15. The second kappa shape index (κ2) is 5.29. The summed E-state index contributed by atoms with van der Waals surface area (Å²) in [6, 6.07) is 8.36. The summed E-state index contributed by atoms with van der Waals surface area (Å²) >= 11 is 0. The molecular formula is C15H24N2O. The Balaban J connectivity index is 2.22. The van der Waals surface area contributed by atoms with Crippen LogP contribution in [0, 0.1) is 0 Å². The SMILES string of the molecule is COc1ccccc1C1CCC(CN)(N(C)C)C1. The zero-order valence-electron chi connectivity index (χ0n) is 11.6. The molecule has 3 heteroatoms. The molecular weight excluding hydrogens is 224 g/mol. The maximum absolute atomic E-state index is 6.01. The van der Waals surface area contributed by atoms with E-state index in [9.17, 15) is 0 Å². The van der Waals surface area contributed by atoms with E-state index in [4.69, 9.17) is 10.5 Å². The molecule has 18 heavy (non-hydrogen) atoms. The van der Waals surface area contributed by atoms with Crippen LogP contribution in [-0.2, 0) is 0 Å². The van der Waals surface area contributed by atoms with Crippen LogP contribution in [0.25, 0.3) is 0 Å². The third kappa shape index (κ3) is 2.25. The first kappa shape index (κ1) is 13.4. The van der Waals surface area contributed by atoms with Crippen molar-refractivity contribution < 1.29 is 4.74 Å². The Labute approximate surface area is 110 Å². The molecule has 0 aromatic heterocycles. The zero-order valence-corrected chi connectivity index (χ0v) is 11.6. The molecule has 0 amide bonds. The summed E-state index contributed by atoms with van der Waals surface area (Å²) in [4.78, 5) is 2.29. The first-order chi connectivity index (χ1) is 8.63. The number of methoxy groups -OCH3 is 1. The van der Waals surface area contributed by atoms with E-state index in [1.54, 1.807) is 7.11 Å². The summed E-state index contributed by atoms with van der Waals surface area (Å²) in [5.41, 5.74) is 7.50. The van der Waals surface area contributed by atoms with Gasteiger partial charge in [-0.05, 0) is 50.9 Å². The Kier molecular flexibility index (Phi) is 3.93. The molecule has 1 fully saturated rings. The van der Waals surface area contributed by atoms with Gasteiger partial charge in [0.2, 0.25) is 0 Å². The topological polar surface area (TPSA) is 38.5 Å². The maximum Gasteiger partial charge on any atom is 0.122 e. The molecule has 2 atom stereocenters. The largest absolute Gasteiger partial charge is 0.496 e. The number of nitrogens with zero attached hydrogens (tertiary/aromatic N) is 1. The quantitative estimate of drug-likeness (QED) is 0.888. The van der Waals surface area contributed by atoms with E-state index in [-0.39, 0.29) is 5.54 Å². The second-order valence-electron chi connectivity index (χ2n) is 5.50. The van der Waals surface area contributed by atoms with Gasteiger partial charge >= 0.3 is 0 Å². The Morgan fingerprint density at radius 2 is 2.11 bits per heavy atom. The van der Waals surface area contributed by atoms with Crippen molar-refractivity contribution in [2.75, 3.05) is 27.7 Å². The molecule has 1 aromatic carbocycles. The normalized spacial score (nSPS) is 27.7. The summed E-state index contributed by atoms with van der Waals surface area (Å²) in [5, 5.41) is 0. The molecule has 3 nitrogen and oxygen atoms in total. The van der Waals surface area contributed by atoms with Crippen LogP contribution in [0.3, 0.4) is 0 Å². The highest BCUT2D eigenvalue weighted by molar-refractivity contribution is 5.37. The number of likely N-dealkylation sites (N-methyl/N-ethyl adjacent to an activating group) is 1. The van der Waals surface area contributed by atoms with Crippen molar-refractivity contribution in [3.8, 4) is 5.75 Å². The van der Waals surface area contributed by atoms with Gasteiger partial charge in [-0.3, -0.25) is 0 Å². The van der Waals surface area contributed by atoms with Gasteiger partial charge in [-0.2, -0.15) is 0 Å². The Hall–Kier alpha value is -1.06. The molecule has 0 aliphatic heterocycles. The number of benzene rings is 1. The lowest BCUT2D eigenvalue weighted by atomic mass is 9.91. The molecule has 0 radical (unpaired) electrons. The summed E-state index contributed by atoms with van der Waals surface area (Å²) in [5.74, 6) is 1.57. The van der Waals surface area contributed by atoms with Crippen LogP contribution in [0.15, 0.2) is 24.3 Å². The fourth-order valence-corrected chi connectivity index (χ4v) is 3.15. The van der Waals surface area contributed by atoms with Gasteiger partial charge < -0.3 is 15.4 Å². The van der Waals surface area contributed by atoms with Crippen LogP contribution in [0.5, 0.6) is 5.75 Å². The van der Waals surface area contributed by atoms with E-state index >= 15 is 0 Å². The fraction of sp³-hybridized carbons (Fsp3) is 0.600. The average molecular weight is 248 g/mol. The molecule has 1 saturated carbocycles. The van der Waals surface area contributed by atoms with E-state index in [0.717, 1.165) is 18.7 Å². The van der Waals surface area contributed by atoms with Crippen LogP contribution in [0.2, 0.25) is 0 Å². The minimum absolute atomic E-state index is 0.158. The summed E-state index contributed by atoms with van der Waals surface area (Å²) < 4.78 is 5.48. The van der Waals surface area contributed by atoms with Gasteiger partial charge in [-0.1, -0.05) is 18.2 Å². The highest BCUT2D eigenvalue weighted by atomic mass is 16.5. The average Bonchev–Trinajstić information content (AvgIpc) is 2.84. The molecule has 1 aliphatic rings. The van der Waals surface area contributed by atoms with Crippen molar-refractivity contribution in [3.05, 3.63) is 29.8 Å². The van der Waals surface area contributed by atoms with Gasteiger partial charge in [0.1, 0.15) is 5.75 Å². The van der Waals surface area contributed by atoms with E-state index in [0.29, 0.717) is 5.92 Å². The molecule has 2 rings (SSSR count). The third-order valence-corrected chi connectivity index (χ3v) is 4.49. The summed E-state index contributed by atoms with van der Waals surface area (Å²) in [7, 11) is 6.02. The van der Waals surface area contributed by atoms with Gasteiger partial charge in [-0.25, -0.2) is 0 Å². The number of ether oxygens (including phenoxy) is 1. The molecule has 2 N–H and O–H groups in total. The molecule has 1 aliphatic carbocycles. The molecule has 0 heterocycles. The van der Waals surface area contributed by atoms with E-state index in [1.807, 2.05) is 12.1 Å².